The van der Waals surface area contributed by atoms with Gasteiger partial charge < -0.3 is 75.3 Å². The number of aromatic nitrogens is 2. The molecule has 127 heavy (non-hydrogen) atoms. The van der Waals surface area contributed by atoms with Crippen LogP contribution in [0.15, 0.2) is 173 Å². The number of fused-ring (bicyclic) bond motifs is 10. The average Bonchev–Trinajstić information content (AvgIpc) is 1.61. The number of nitrogens with one attached hydrogen (secondary N) is 3. The Morgan fingerprint density at radius 2 is 0.945 bits per heavy atom. The highest BCUT2D eigenvalue weighted by atomic mass is 16.9. The third-order valence-corrected chi connectivity index (χ3v) is 26.3. The van der Waals surface area contributed by atoms with Gasteiger partial charge in [0.2, 0.25) is 0 Å². The van der Waals surface area contributed by atoms with Gasteiger partial charge in [-0.1, -0.05) is 223 Å². The van der Waals surface area contributed by atoms with E-state index in [9.17, 15) is 45.0 Å². The van der Waals surface area contributed by atoms with Crippen molar-refractivity contribution in [2.45, 2.75) is 391 Å². The van der Waals surface area contributed by atoms with E-state index in [-0.39, 0.29) is 61.2 Å². The van der Waals surface area contributed by atoms with E-state index in [2.05, 4.69) is 122 Å². The Morgan fingerprint density at radius 1 is 0.488 bits per heavy atom. The Labute approximate surface area is 756 Å². The average molecular weight is 1750 g/mol. The lowest BCUT2D eigenvalue weighted by Gasteiger charge is -2.45. The largest absolute Gasteiger partial charge is 0.465 e. The van der Waals surface area contributed by atoms with Crippen LogP contribution in [0, 0.1) is 0 Å². The predicted octanol–water partition coefficient (Wildman–Crippen LogP) is 20.8. The van der Waals surface area contributed by atoms with Crippen LogP contribution in [0.3, 0.4) is 0 Å². The number of allylic oxidation sites excluding steroid dienone is 8. The number of aromatic amines is 2. The Balaban J connectivity index is 0.993. The highest BCUT2D eigenvalue weighted by Gasteiger charge is 2.49. The Kier molecular flexibility index (Phi) is 40.6. The normalized spacial score (nSPS) is 22.5. The van der Waals surface area contributed by atoms with Gasteiger partial charge in [-0.3, -0.25) is 34.4 Å². The van der Waals surface area contributed by atoms with Crippen molar-refractivity contribution < 1.29 is 68.7 Å². The van der Waals surface area contributed by atoms with E-state index < -0.39 is 42.9 Å². The molecule has 1 saturated heterocycles. The van der Waals surface area contributed by atoms with Gasteiger partial charge in [0.1, 0.15) is 0 Å². The maximum Gasteiger partial charge on any atom is 0.310 e. The number of rotatable bonds is 54. The zero-order chi connectivity index (χ0) is 89.9. The number of aliphatic hydroxyl groups excluding tert-OH is 3. The summed E-state index contributed by atoms with van der Waals surface area (Å²) in [6.45, 7) is 13.6. The van der Waals surface area contributed by atoms with E-state index in [4.69, 9.17) is 49.4 Å². The summed E-state index contributed by atoms with van der Waals surface area (Å²) >= 11 is 0. The molecule has 3 aromatic rings. The zero-order valence-corrected chi connectivity index (χ0v) is 77.1. The van der Waals surface area contributed by atoms with Crippen molar-refractivity contribution in [3.8, 4) is 0 Å². The highest BCUT2D eigenvalue weighted by molar-refractivity contribution is 6.15. The van der Waals surface area contributed by atoms with E-state index >= 15 is 0 Å². The number of nitrogens with zero attached hydrogens (tertiary/aromatic N) is 4. The smallest absolute Gasteiger partial charge is 0.310 e. The van der Waals surface area contributed by atoms with Gasteiger partial charge in [-0.2, -0.15) is 0 Å². The summed E-state index contributed by atoms with van der Waals surface area (Å²) in [6, 6.07) is 15.6. The van der Waals surface area contributed by atoms with Gasteiger partial charge in [-0.05, 0) is 222 Å². The molecular weight excluding hydrogens is 1600 g/mol. The molecule has 22 nitrogen and oxygen atoms in total. The number of carbonyl (C=O) groups excluding carboxylic acids is 3. The van der Waals surface area contributed by atoms with Crippen molar-refractivity contribution in [2.24, 2.45) is 25.7 Å². The minimum atomic E-state index is -1.30. The van der Waals surface area contributed by atoms with Gasteiger partial charge >= 0.3 is 17.9 Å². The number of benzene rings is 1. The van der Waals surface area contributed by atoms with Crippen molar-refractivity contribution in [1.82, 2.24) is 15.3 Å². The summed E-state index contributed by atoms with van der Waals surface area (Å²) in [6.07, 6.45) is 50.4. The molecule has 10 heterocycles. The molecule has 6 unspecified atom stereocenters. The van der Waals surface area contributed by atoms with Gasteiger partial charge in [0.15, 0.2) is 30.9 Å². The van der Waals surface area contributed by atoms with E-state index in [1.807, 2.05) is 38.1 Å². The summed E-state index contributed by atoms with van der Waals surface area (Å²) < 4.78 is 31.6. The fourth-order valence-electron chi connectivity index (χ4n) is 19.4. The number of carbonyl (C=O) groups is 3. The maximum atomic E-state index is 14.5. The molecule has 0 aliphatic carbocycles. The van der Waals surface area contributed by atoms with Crippen LogP contribution in [0.4, 0.5) is 0 Å². The van der Waals surface area contributed by atoms with Crippen molar-refractivity contribution in [3.05, 3.63) is 187 Å². The molecule has 1 fully saturated rings. The number of unbranched alkanes of at least 4 members (excludes halogenated alkanes) is 27. The van der Waals surface area contributed by atoms with Crippen LogP contribution in [0.1, 0.15) is 370 Å². The summed E-state index contributed by atoms with van der Waals surface area (Å²) in [5.41, 5.74) is 26.0. The molecule has 8 aliphatic heterocycles. The molecule has 14 bridgehead atoms. The topological polar surface area (TPSA) is 338 Å². The fraction of sp³-hybridized carbons (Fsp3) is 0.610. The molecule has 0 spiro atoms. The number of esters is 3. The van der Waals surface area contributed by atoms with E-state index in [1.165, 1.54) is 5.57 Å². The molecule has 0 radical (unpaired) electrons. The first-order valence-electron chi connectivity index (χ1n) is 49.0. The van der Waals surface area contributed by atoms with E-state index in [1.54, 1.807) is 0 Å². The molecule has 0 saturated carbocycles. The first kappa shape index (κ1) is 99.3. The van der Waals surface area contributed by atoms with Crippen LogP contribution in [0.5, 0.6) is 0 Å². The first-order chi connectivity index (χ1) is 61.7. The van der Waals surface area contributed by atoms with E-state index in [0.29, 0.717) is 87.3 Å². The quantitative estimate of drug-likeness (QED) is 0.0109. The van der Waals surface area contributed by atoms with Gasteiger partial charge in [0.05, 0.1) is 80.0 Å². The number of hydrogen-bond acceptors (Lipinski definition) is 20. The molecule has 1 aromatic carbocycles. The Bertz CT molecular complexity index is 4540. The maximum absolute atomic E-state index is 14.5. The molecule has 22 heteroatoms. The number of hydrogen-bond donors (Lipinski definition) is 10. The second-order valence-electron chi connectivity index (χ2n) is 36.5. The van der Waals surface area contributed by atoms with Gasteiger partial charge in [-0.25, -0.2) is 0 Å². The van der Waals surface area contributed by atoms with Gasteiger partial charge in [-0.15, -0.1) is 0 Å². The van der Waals surface area contributed by atoms with Crippen molar-refractivity contribution >= 4 is 52.9 Å². The molecular formula is C105H150N8O14. The SMILES string of the molecule is CCCCCCCOC(=O)CC1=C(CC(=O)OCCCCCCC)C2=NC1=Cc1ccc([nH]1)C(c1cccc(C3c4ccc([nH]4)C=C4N=C(CC5N=C(/C=C6/C=CC3N6)C(CC(=O)OCCCCCCC)=C5CCCCCCCCC(O)O)C(CCCCCCCCC(O)O)=C4C3(C)OC(C)O3)c1)C(N)/C=C\C=C\C1=NC(C2)C(C)=C1CCCCCCCCC(O)O. The third-order valence-electron chi connectivity index (χ3n) is 26.3. The summed E-state index contributed by atoms with van der Waals surface area (Å²) in [4.78, 5) is 73.4. The lowest BCUT2D eigenvalue weighted by atomic mass is 9.83. The highest BCUT2D eigenvalue weighted by Crippen LogP contribution is 2.48. The lowest BCUT2D eigenvalue weighted by Crippen LogP contribution is -2.51. The summed E-state index contributed by atoms with van der Waals surface area (Å²) in [7, 11) is 0. The molecule has 2 aromatic heterocycles. The molecule has 11 rings (SSSR count). The summed E-state index contributed by atoms with van der Waals surface area (Å²) in [5, 5.41) is 61.3. The van der Waals surface area contributed by atoms with Crippen LogP contribution in [0.25, 0.3) is 12.2 Å². The second kappa shape index (κ2) is 51.9. The zero-order valence-electron chi connectivity index (χ0n) is 77.1. The van der Waals surface area contributed by atoms with E-state index in [0.717, 1.165) is 309 Å². The standard InChI is InChI=1S/C105H150N8O14/c1-7-10-13-28-39-59-123-99(120)66-81-79(46-32-23-17-20-26-35-51-97(116)117)92-70-93-80(47-33-24-18-21-27-36-52-98(118)119)104(105(6)126-72(5)127-105)95(113-93)65-77-55-58-88(109-77)103(87-57-54-76(108-87)63-90(81)111-92)74-44-42-43-73(62-74)102-84(106)48-37-38-49-85-78(45-31-22-16-19-25-34-50-96(114)115)71(4)89(110-85)69-94-83(68-101(122)125-61-41-30-15-12-9-3)82(67-100(121)124-60-40-29-14-11-8-2)91(112-94)64-75-53-56-86(102)107-75/h37-38,42-44,48-49,53-58,62-65,72,84,87,89,92,96-98,102-103,107-109,114-119H,7-36,39-41,45-47,50-52,59-61,66-70,106H2,1-6H3/b48-37-,49-38+,76-63-,91-64?,95-65?. The van der Waals surface area contributed by atoms with Crippen molar-refractivity contribution in [2.75, 3.05) is 19.8 Å². The van der Waals surface area contributed by atoms with Crippen LogP contribution >= 0.6 is 0 Å². The lowest BCUT2D eigenvalue weighted by molar-refractivity contribution is -0.418. The first-order valence-corrected chi connectivity index (χ1v) is 49.0. The van der Waals surface area contributed by atoms with Crippen molar-refractivity contribution in [1.29, 1.82) is 0 Å². The predicted molar refractivity (Wildman–Crippen MR) is 507 cm³/mol. The molecule has 11 N–H and O–H groups in total. The van der Waals surface area contributed by atoms with Crippen LogP contribution < -0.4 is 11.1 Å². The van der Waals surface area contributed by atoms with Crippen molar-refractivity contribution in [3.63, 3.8) is 0 Å². The van der Waals surface area contributed by atoms with Crippen LogP contribution in [0.2, 0.25) is 0 Å². The number of aliphatic imine (C=N–C) groups is 4. The monoisotopic (exact) mass is 1750 g/mol. The fourth-order valence-corrected chi connectivity index (χ4v) is 19.4. The van der Waals surface area contributed by atoms with Crippen LogP contribution in [-0.2, 0) is 38.1 Å². The number of H-pyrrole nitrogens is 2. The molecule has 8 aliphatic rings. The Hall–Kier alpha value is -8.29. The molecule has 694 valence electrons. The second-order valence-corrected chi connectivity index (χ2v) is 36.5. The number of ether oxygens (including phenoxy) is 5. The minimum Gasteiger partial charge on any atom is -0.465 e. The summed E-state index contributed by atoms with van der Waals surface area (Å²) in [5.74, 6) is -2.92. The third kappa shape index (κ3) is 30.1. The Morgan fingerprint density at radius 3 is 1.50 bits per heavy atom. The van der Waals surface area contributed by atoms with Gasteiger partial charge in [0.25, 0.3) is 0 Å². The molecule has 0 amide bonds. The number of aliphatic hydroxyl groups is 6. The molecule has 6 atom stereocenters. The number of nitrogens with two attached hydrogens (primary N) is 1. The van der Waals surface area contributed by atoms with Crippen LogP contribution in [-0.4, -0.2) is 156 Å². The minimum absolute atomic E-state index is 0.0631. The van der Waals surface area contributed by atoms with Gasteiger partial charge in [0, 0.05) is 76.2 Å².